The Labute approximate surface area is 129 Å². The van der Waals surface area contributed by atoms with Crippen molar-refractivity contribution in [3.63, 3.8) is 0 Å². The fourth-order valence-electron chi connectivity index (χ4n) is 3.25. The number of nitrogens with one attached hydrogen (secondary N) is 1. The van der Waals surface area contributed by atoms with Crippen molar-refractivity contribution >= 4 is 5.69 Å². The van der Waals surface area contributed by atoms with E-state index in [1.54, 1.807) is 0 Å². The third-order valence-corrected chi connectivity index (χ3v) is 4.65. The number of aryl methyl sites for hydroxylation is 1. The van der Waals surface area contributed by atoms with Crippen LogP contribution in [0.1, 0.15) is 37.8 Å². The molecule has 2 fully saturated rings. The number of piperazine rings is 1. The van der Waals surface area contributed by atoms with Gasteiger partial charge in [0.05, 0.1) is 0 Å². The molecule has 0 unspecified atom stereocenters. The molecule has 0 spiro atoms. The molecule has 0 atom stereocenters. The van der Waals surface area contributed by atoms with Gasteiger partial charge in [0.25, 0.3) is 0 Å². The maximum absolute atomic E-state index is 3.57. The van der Waals surface area contributed by atoms with Crippen molar-refractivity contribution in [1.29, 1.82) is 0 Å². The zero-order valence-corrected chi connectivity index (χ0v) is 13.7. The number of benzene rings is 1. The summed E-state index contributed by atoms with van der Waals surface area (Å²) in [5.41, 5.74) is 4.24. The Morgan fingerprint density at radius 2 is 1.86 bits per heavy atom. The van der Waals surface area contributed by atoms with Crippen molar-refractivity contribution in [2.24, 2.45) is 0 Å². The van der Waals surface area contributed by atoms with E-state index in [4.69, 9.17) is 0 Å². The van der Waals surface area contributed by atoms with E-state index in [1.807, 2.05) is 0 Å². The molecule has 116 valence electrons. The molecule has 1 saturated heterocycles. The maximum atomic E-state index is 3.57. The summed E-state index contributed by atoms with van der Waals surface area (Å²) in [6, 6.07) is 8.36. The van der Waals surface area contributed by atoms with Gasteiger partial charge in [-0.3, -0.25) is 4.90 Å². The number of rotatable bonds is 5. The zero-order valence-electron chi connectivity index (χ0n) is 13.7. The molecule has 3 rings (SSSR count). The van der Waals surface area contributed by atoms with E-state index in [9.17, 15) is 0 Å². The highest BCUT2D eigenvalue weighted by molar-refractivity contribution is 5.55. The molecule has 1 aliphatic carbocycles. The Morgan fingerprint density at radius 1 is 1.14 bits per heavy atom. The lowest BCUT2D eigenvalue weighted by Crippen LogP contribution is -2.47. The lowest BCUT2D eigenvalue weighted by atomic mass is 10.1. The average molecular weight is 287 g/mol. The zero-order chi connectivity index (χ0) is 14.8. The summed E-state index contributed by atoms with van der Waals surface area (Å²) in [5, 5.41) is 3.57. The van der Waals surface area contributed by atoms with E-state index in [1.165, 1.54) is 55.8 Å². The van der Waals surface area contributed by atoms with E-state index in [-0.39, 0.29) is 0 Å². The Bertz CT molecular complexity index is 471. The standard InChI is InChI=1S/C18H29N3/c1-14(2)19-13-16-12-15(3)4-7-18(16)21-10-8-20(9-11-21)17-5-6-17/h4,7,12,14,17,19H,5-6,8-11,13H2,1-3H3. The highest BCUT2D eigenvalue weighted by Gasteiger charge is 2.31. The van der Waals surface area contributed by atoms with Crippen LogP contribution < -0.4 is 10.2 Å². The van der Waals surface area contributed by atoms with E-state index >= 15 is 0 Å². The molecule has 1 heterocycles. The summed E-state index contributed by atoms with van der Waals surface area (Å²) < 4.78 is 0. The van der Waals surface area contributed by atoms with Crippen LogP contribution in [0.3, 0.4) is 0 Å². The minimum Gasteiger partial charge on any atom is -0.369 e. The van der Waals surface area contributed by atoms with Crippen molar-refractivity contribution in [2.75, 3.05) is 31.1 Å². The average Bonchev–Trinajstić information content (AvgIpc) is 3.30. The summed E-state index contributed by atoms with van der Waals surface area (Å²) in [5.74, 6) is 0. The van der Waals surface area contributed by atoms with Crippen LogP contribution in [0.2, 0.25) is 0 Å². The number of nitrogens with zero attached hydrogens (tertiary/aromatic N) is 2. The quantitative estimate of drug-likeness (QED) is 0.898. The van der Waals surface area contributed by atoms with Gasteiger partial charge in [-0.15, -0.1) is 0 Å². The second-order valence-electron chi connectivity index (χ2n) is 6.92. The van der Waals surface area contributed by atoms with E-state index < -0.39 is 0 Å². The van der Waals surface area contributed by atoms with Gasteiger partial charge in [-0.25, -0.2) is 0 Å². The first-order chi connectivity index (χ1) is 10.1. The molecule has 21 heavy (non-hydrogen) atoms. The minimum absolute atomic E-state index is 0.532. The topological polar surface area (TPSA) is 18.5 Å². The predicted octanol–water partition coefficient (Wildman–Crippen LogP) is 2.78. The van der Waals surface area contributed by atoms with Crippen LogP contribution in [0.15, 0.2) is 18.2 Å². The van der Waals surface area contributed by atoms with Crippen LogP contribution in [-0.4, -0.2) is 43.2 Å². The van der Waals surface area contributed by atoms with Crippen LogP contribution in [0.25, 0.3) is 0 Å². The van der Waals surface area contributed by atoms with Crippen LogP contribution in [0, 0.1) is 6.92 Å². The normalized spacial score (nSPS) is 20.3. The Kier molecular flexibility index (Phi) is 4.51. The molecule has 2 aliphatic rings. The van der Waals surface area contributed by atoms with E-state index in [0.717, 1.165) is 12.6 Å². The van der Waals surface area contributed by atoms with Crippen molar-refractivity contribution in [3.05, 3.63) is 29.3 Å². The summed E-state index contributed by atoms with van der Waals surface area (Å²) in [7, 11) is 0. The summed E-state index contributed by atoms with van der Waals surface area (Å²) in [6.07, 6.45) is 2.85. The van der Waals surface area contributed by atoms with Gasteiger partial charge in [0.2, 0.25) is 0 Å². The van der Waals surface area contributed by atoms with Crippen LogP contribution in [0.5, 0.6) is 0 Å². The summed E-state index contributed by atoms with van der Waals surface area (Å²) >= 11 is 0. The Morgan fingerprint density at radius 3 is 2.48 bits per heavy atom. The van der Waals surface area contributed by atoms with Crippen LogP contribution in [0.4, 0.5) is 5.69 Å². The first kappa shape index (κ1) is 14.9. The van der Waals surface area contributed by atoms with Crippen molar-refractivity contribution in [1.82, 2.24) is 10.2 Å². The lowest BCUT2D eigenvalue weighted by molar-refractivity contribution is 0.248. The largest absolute Gasteiger partial charge is 0.369 e. The fourth-order valence-corrected chi connectivity index (χ4v) is 3.25. The first-order valence-corrected chi connectivity index (χ1v) is 8.45. The molecule has 1 N–H and O–H groups in total. The molecule has 1 aromatic carbocycles. The van der Waals surface area contributed by atoms with E-state index in [0.29, 0.717) is 6.04 Å². The third kappa shape index (κ3) is 3.78. The monoisotopic (exact) mass is 287 g/mol. The molecular formula is C18H29N3. The minimum atomic E-state index is 0.532. The van der Waals surface area contributed by atoms with Gasteiger partial charge in [0.15, 0.2) is 0 Å². The van der Waals surface area contributed by atoms with Gasteiger partial charge in [-0.05, 0) is 31.4 Å². The fraction of sp³-hybridized carbons (Fsp3) is 0.667. The second kappa shape index (κ2) is 6.37. The van der Waals surface area contributed by atoms with Crippen LogP contribution in [-0.2, 0) is 6.54 Å². The van der Waals surface area contributed by atoms with E-state index in [2.05, 4.69) is 54.1 Å². The molecule has 0 aromatic heterocycles. The smallest absolute Gasteiger partial charge is 0.0412 e. The Hall–Kier alpha value is -1.06. The predicted molar refractivity (Wildman–Crippen MR) is 90.0 cm³/mol. The van der Waals surface area contributed by atoms with Crippen LogP contribution >= 0.6 is 0 Å². The number of anilines is 1. The Balaban J connectivity index is 1.68. The van der Waals surface area contributed by atoms with Gasteiger partial charge in [-0.1, -0.05) is 31.5 Å². The molecule has 1 saturated carbocycles. The van der Waals surface area contributed by atoms with Crippen molar-refractivity contribution < 1.29 is 0 Å². The molecule has 3 heteroatoms. The number of hydrogen-bond acceptors (Lipinski definition) is 3. The SMILES string of the molecule is Cc1ccc(N2CCN(C3CC3)CC2)c(CNC(C)C)c1. The molecule has 3 nitrogen and oxygen atoms in total. The van der Waals surface area contributed by atoms with Gasteiger partial charge in [0, 0.05) is 50.5 Å². The lowest BCUT2D eigenvalue weighted by Gasteiger charge is -2.37. The maximum Gasteiger partial charge on any atom is 0.0412 e. The van der Waals surface area contributed by atoms with Crippen molar-refractivity contribution in [3.8, 4) is 0 Å². The molecule has 0 amide bonds. The molecule has 0 radical (unpaired) electrons. The molecular weight excluding hydrogens is 258 g/mol. The van der Waals surface area contributed by atoms with Gasteiger partial charge in [0.1, 0.15) is 0 Å². The van der Waals surface area contributed by atoms with Gasteiger partial charge < -0.3 is 10.2 Å². The first-order valence-electron chi connectivity index (χ1n) is 8.45. The van der Waals surface area contributed by atoms with Gasteiger partial charge >= 0.3 is 0 Å². The summed E-state index contributed by atoms with van der Waals surface area (Å²) in [6.45, 7) is 12.4. The summed E-state index contributed by atoms with van der Waals surface area (Å²) in [4.78, 5) is 5.26. The highest BCUT2D eigenvalue weighted by Crippen LogP contribution is 2.29. The molecule has 1 aliphatic heterocycles. The third-order valence-electron chi connectivity index (χ3n) is 4.65. The second-order valence-corrected chi connectivity index (χ2v) is 6.92. The molecule has 0 bridgehead atoms. The van der Waals surface area contributed by atoms with Gasteiger partial charge in [-0.2, -0.15) is 0 Å². The number of hydrogen-bond donors (Lipinski definition) is 1. The molecule has 1 aromatic rings. The highest BCUT2D eigenvalue weighted by atomic mass is 15.3. The van der Waals surface area contributed by atoms with Crippen molar-refractivity contribution in [2.45, 2.75) is 52.2 Å².